The van der Waals surface area contributed by atoms with Crippen molar-refractivity contribution in [2.45, 2.75) is 37.1 Å². The van der Waals surface area contributed by atoms with Crippen LogP contribution in [0.5, 0.6) is 0 Å². The molecule has 0 spiro atoms. The molecule has 0 saturated carbocycles. The van der Waals surface area contributed by atoms with E-state index in [1.54, 1.807) is 6.92 Å². The van der Waals surface area contributed by atoms with Gasteiger partial charge in [0, 0.05) is 18.3 Å². The third kappa shape index (κ3) is 4.31. The van der Waals surface area contributed by atoms with Crippen LogP contribution in [0.15, 0.2) is 23.1 Å². The number of sulfonamides is 1. The summed E-state index contributed by atoms with van der Waals surface area (Å²) in [5.41, 5.74) is 0.348. The van der Waals surface area contributed by atoms with Crippen LogP contribution in [0.2, 0.25) is 0 Å². The predicted octanol–water partition coefficient (Wildman–Crippen LogP) is 2.63. The minimum atomic E-state index is -3.56. The first-order chi connectivity index (χ1) is 11.5. The van der Waals surface area contributed by atoms with E-state index in [1.807, 2.05) is 11.8 Å². The van der Waals surface area contributed by atoms with E-state index < -0.39 is 10.0 Å². The molecule has 2 saturated heterocycles. The fourth-order valence-corrected chi connectivity index (χ4v) is 5.88. The largest absolute Gasteiger partial charge is 0.300 e. The van der Waals surface area contributed by atoms with Crippen molar-refractivity contribution in [3.05, 3.63) is 29.6 Å². The lowest BCUT2D eigenvalue weighted by atomic mass is 9.96. The first kappa shape index (κ1) is 18.2. The van der Waals surface area contributed by atoms with E-state index in [0.717, 1.165) is 32.0 Å². The van der Waals surface area contributed by atoms with Crippen molar-refractivity contribution < 1.29 is 12.8 Å². The average molecular weight is 373 g/mol. The van der Waals surface area contributed by atoms with Crippen molar-refractivity contribution in [3.8, 4) is 0 Å². The molecule has 0 amide bonds. The molecule has 0 aliphatic carbocycles. The zero-order valence-corrected chi connectivity index (χ0v) is 15.6. The van der Waals surface area contributed by atoms with E-state index in [-0.39, 0.29) is 10.7 Å². The molecule has 0 bridgehead atoms. The number of thioether (sulfide) groups is 1. The lowest BCUT2D eigenvalue weighted by Gasteiger charge is -2.35. The van der Waals surface area contributed by atoms with Gasteiger partial charge < -0.3 is 0 Å². The zero-order valence-electron chi connectivity index (χ0n) is 14.0. The summed E-state index contributed by atoms with van der Waals surface area (Å²) < 4.78 is 40.7. The van der Waals surface area contributed by atoms with Crippen LogP contribution in [0.1, 0.15) is 24.8 Å². The first-order valence-corrected chi connectivity index (χ1v) is 11.2. The zero-order chi connectivity index (χ0) is 17.2. The van der Waals surface area contributed by atoms with Gasteiger partial charge in [0.2, 0.25) is 10.0 Å². The van der Waals surface area contributed by atoms with Crippen LogP contribution in [0.25, 0.3) is 0 Å². The molecule has 7 heteroatoms. The van der Waals surface area contributed by atoms with E-state index in [9.17, 15) is 12.8 Å². The topological polar surface area (TPSA) is 49.4 Å². The summed E-state index contributed by atoms with van der Waals surface area (Å²) in [6.07, 6.45) is 3.35. The first-order valence-electron chi connectivity index (χ1n) is 8.53. The van der Waals surface area contributed by atoms with Crippen LogP contribution >= 0.6 is 11.8 Å². The Bertz CT molecular complexity index is 667. The van der Waals surface area contributed by atoms with Gasteiger partial charge >= 0.3 is 0 Å². The molecule has 1 aromatic rings. The molecule has 2 aliphatic heterocycles. The molecule has 1 aromatic carbocycles. The molecule has 1 N–H and O–H groups in total. The van der Waals surface area contributed by atoms with E-state index in [2.05, 4.69) is 9.62 Å². The Morgan fingerprint density at radius 2 is 2.04 bits per heavy atom. The number of aryl methyl sites for hydroxylation is 1. The van der Waals surface area contributed by atoms with Gasteiger partial charge in [-0.3, -0.25) is 4.90 Å². The molecule has 1 unspecified atom stereocenters. The molecule has 1 atom stereocenters. The highest BCUT2D eigenvalue weighted by atomic mass is 32.2. The smallest absolute Gasteiger partial charge is 0.240 e. The molecule has 2 aliphatic rings. The lowest BCUT2D eigenvalue weighted by Crippen LogP contribution is -2.43. The molecule has 4 nitrogen and oxygen atoms in total. The van der Waals surface area contributed by atoms with Gasteiger partial charge in [0.05, 0.1) is 4.90 Å². The van der Waals surface area contributed by atoms with Crippen molar-refractivity contribution in [3.63, 3.8) is 0 Å². The fourth-order valence-electron chi connectivity index (χ4n) is 3.43. The van der Waals surface area contributed by atoms with Crippen LogP contribution in [0.4, 0.5) is 4.39 Å². The Labute approximate surface area is 148 Å². The molecule has 2 fully saturated rings. The number of benzene rings is 1. The van der Waals surface area contributed by atoms with Gasteiger partial charge in [0.1, 0.15) is 5.82 Å². The summed E-state index contributed by atoms with van der Waals surface area (Å²) in [6, 6.07) is 4.64. The molecule has 24 heavy (non-hydrogen) atoms. The van der Waals surface area contributed by atoms with Crippen LogP contribution in [0.3, 0.4) is 0 Å². The second kappa shape index (κ2) is 7.72. The van der Waals surface area contributed by atoms with E-state index in [0.29, 0.717) is 18.0 Å². The van der Waals surface area contributed by atoms with Crippen molar-refractivity contribution in [1.29, 1.82) is 0 Å². The number of hydrogen-bond acceptors (Lipinski definition) is 4. The Balaban J connectivity index is 1.51. The van der Waals surface area contributed by atoms with E-state index in [1.165, 1.54) is 36.1 Å². The second-order valence-corrected chi connectivity index (χ2v) is 9.68. The van der Waals surface area contributed by atoms with Crippen molar-refractivity contribution in [1.82, 2.24) is 9.62 Å². The summed E-state index contributed by atoms with van der Waals surface area (Å²) in [5, 5.41) is 0. The average Bonchev–Trinajstić information content (AvgIpc) is 3.10. The number of nitrogens with zero attached hydrogens (tertiary/aromatic N) is 1. The Morgan fingerprint density at radius 1 is 1.29 bits per heavy atom. The maximum atomic E-state index is 13.3. The molecule has 134 valence electrons. The van der Waals surface area contributed by atoms with Crippen LogP contribution in [-0.2, 0) is 10.0 Å². The third-order valence-corrected chi connectivity index (χ3v) is 7.64. The Morgan fingerprint density at radius 3 is 2.67 bits per heavy atom. The summed E-state index contributed by atoms with van der Waals surface area (Å²) in [6.45, 7) is 4.16. The van der Waals surface area contributed by atoms with E-state index >= 15 is 0 Å². The third-order valence-electron chi connectivity index (χ3n) is 5.07. The molecular weight excluding hydrogens is 347 g/mol. The number of hydrogen-bond donors (Lipinski definition) is 1. The number of piperidine rings is 1. The number of halogens is 1. The number of likely N-dealkylation sites (tertiary alicyclic amines) is 1. The van der Waals surface area contributed by atoms with Gasteiger partial charge in [-0.1, -0.05) is 0 Å². The minimum Gasteiger partial charge on any atom is -0.300 e. The Kier molecular flexibility index (Phi) is 5.85. The van der Waals surface area contributed by atoms with Crippen LogP contribution < -0.4 is 4.72 Å². The second-order valence-electron chi connectivity index (χ2n) is 6.76. The molecule has 3 rings (SSSR count). The van der Waals surface area contributed by atoms with Gasteiger partial charge in [-0.05, 0) is 74.7 Å². The van der Waals surface area contributed by atoms with Gasteiger partial charge in [0.25, 0.3) is 0 Å². The molecule has 0 radical (unpaired) electrons. The summed E-state index contributed by atoms with van der Waals surface area (Å²) in [4.78, 5) is 2.70. The summed E-state index contributed by atoms with van der Waals surface area (Å²) in [7, 11) is -3.56. The quantitative estimate of drug-likeness (QED) is 0.863. The highest BCUT2D eigenvalue weighted by Crippen LogP contribution is 2.27. The van der Waals surface area contributed by atoms with Gasteiger partial charge in [-0.2, -0.15) is 11.8 Å². The lowest BCUT2D eigenvalue weighted by molar-refractivity contribution is 0.145. The fraction of sp³-hybridized carbons (Fsp3) is 0.647. The van der Waals surface area contributed by atoms with E-state index in [4.69, 9.17) is 0 Å². The number of nitrogens with one attached hydrogen (secondary N) is 1. The molecular formula is C17H25FN2O2S2. The maximum absolute atomic E-state index is 13.3. The number of rotatable bonds is 5. The predicted molar refractivity (Wildman–Crippen MR) is 96.4 cm³/mol. The van der Waals surface area contributed by atoms with Crippen molar-refractivity contribution in [2.75, 3.05) is 31.1 Å². The highest BCUT2D eigenvalue weighted by Gasteiger charge is 2.28. The Hall–Kier alpha value is -0.630. The summed E-state index contributed by atoms with van der Waals surface area (Å²) in [5.74, 6) is 2.50. The van der Waals surface area contributed by atoms with Gasteiger partial charge in [-0.25, -0.2) is 17.5 Å². The monoisotopic (exact) mass is 372 g/mol. The molecule has 2 heterocycles. The minimum absolute atomic E-state index is 0.141. The van der Waals surface area contributed by atoms with Gasteiger partial charge in [-0.15, -0.1) is 0 Å². The highest BCUT2D eigenvalue weighted by molar-refractivity contribution is 7.99. The van der Waals surface area contributed by atoms with Crippen molar-refractivity contribution in [2.24, 2.45) is 5.92 Å². The normalized spacial score (nSPS) is 23.7. The SMILES string of the molecule is Cc1cc(S(=O)(=O)NCC2CCN(C3CCSC3)CC2)ccc1F. The maximum Gasteiger partial charge on any atom is 0.240 e. The van der Waals surface area contributed by atoms with Crippen LogP contribution in [-0.4, -0.2) is 50.5 Å². The standard InChI is InChI=1S/C17H25FN2O2S2/c1-13-10-16(2-3-17(13)18)24(21,22)19-11-14-4-7-20(8-5-14)15-6-9-23-12-15/h2-3,10,14-15,19H,4-9,11-12H2,1H3. The summed E-state index contributed by atoms with van der Waals surface area (Å²) >= 11 is 2.03. The molecule has 0 aromatic heterocycles. The van der Waals surface area contributed by atoms with Crippen LogP contribution in [0, 0.1) is 18.7 Å². The van der Waals surface area contributed by atoms with Gasteiger partial charge in [0.15, 0.2) is 0 Å². The van der Waals surface area contributed by atoms with Crippen molar-refractivity contribution >= 4 is 21.8 Å².